The van der Waals surface area contributed by atoms with Crippen molar-refractivity contribution in [3.8, 4) is 0 Å². The number of ether oxygens (including phenoxy) is 1. The van der Waals surface area contributed by atoms with Crippen molar-refractivity contribution in [1.82, 2.24) is 4.90 Å². The number of imide groups is 1. The molecule has 158 valence electrons. The number of hydrogen-bond acceptors (Lipinski definition) is 7. The molecular weight excluding hydrogens is 404 g/mol. The fourth-order valence-corrected chi connectivity index (χ4v) is 3.43. The summed E-state index contributed by atoms with van der Waals surface area (Å²) in [5.74, 6) is -1.57. The van der Waals surface area contributed by atoms with E-state index in [0.29, 0.717) is 11.4 Å². The summed E-state index contributed by atoms with van der Waals surface area (Å²) < 4.78 is 15.2. The van der Waals surface area contributed by atoms with E-state index in [-0.39, 0.29) is 24.3 Å². The van der Waals surface area contributed by atoms with Crippen molar-refractivity contribution in [1.29, 1.82) is 0 Å². The molecular formula is C22H18N2O7. The first kappa shape index (κ1) is 20.1. The Balaban J connectivity index is 1.62. The highest BCUT2D eigenvalue weighted by Crippen LogP contribution is 2.28. The first-order valence-corrected chi connectivity index (χ1v) is 9.41. The molecule has 1 saturated heterocycles. The normalized spacial score (nSPS) is 15.9. The predicted molar refractivity (Wildman–Crippen MR) is 106 cm³/mol. The van der Waals surface area contributed by atoms with E-state index in [2.05, 4.69) is 4.74 Å². The second-order valence-electron chi connectivity index (χ2n) is 6.82. The number of esters is 1. The molecule has 4 rings (SSSR count). The molecule has 3 heterocycles. The summed E-state index contributed by atoms with van der Waals surface area (Å²) in [6, 6.07) is 11.3. The van der Waals surface area contributed by atoms with Gasteiger partial charge in [-0.25, -0.2) is 9.69 Å². The van der Waals surface area contributed by atoms with Gasteiger partial charge in [-0.1, -0.05) is 0 Å². The van der Waals surface area contributed by atoms with Gasteiger partial charge < -0.3 is 18.5 Å². The second-order valence-corrected chi connectivity index (χ2v) is 6.82. The van der Waals surface area contributed by atoms with E-state index in [1.54, 1.807) is 18.2 Å². The third-order valence-corrected chi connectivity index (χ3v) is 4.94. The molecule has 1 aromatic carbocycles. The van der Waals surface area contributed by atoms with E-state index in [0.717, 1.165) is 4.90 Å². The lowest BCUT2D eigenvalue weighted by atomic mass is 10.1. The molecule has 1 atom stereocenters. The van der Waals surface area contributed by atoms with Gasteiger partial charge in [-0.15, -0.1) is 0 Å². The van der Waals surface area contributed by atoms with Gasteiger partial charge >= 0.3 is 5.97 Å². The molecule has 2 aromatic heterocycles. The zero-order valence-corrected chi connectivity index (χ0v) is 16.5. The summed E-state index contributed by atoms with van der Waals surface area (Å²) in [5, 5.41) is 0. The van der Waals surface area contributed by atoms with Crippen LogP contribution >= 0.6 is 0 Å². The van der Waals surface area contributed by atoms with Crippen molar-refractivity contribution in [2.45, 2.75) is 19.0 Å². The monoisotopic (exact) mass is 422 g/mol. The average molecular weight is 422 g/mol. The topological polar surface area (TPSA) is 110 Å². The van der Waals surface area contributed by atoms with Gasteiger partial charge in [-0.2, -0.15) is 0 Å². The number of carbonyl (C=O) groups is 4. The number of amides is 3. The van der Waals surface area contributed by atoms with Crippen LogP contribution in [0.4, 0.5) is 5.69 Å². The van der Waals surface area contributed by atoms with E-state index >= 15 is 0 Å². The van der Waals surface area contributed by atoms with Crippen LogP contribution in [0.25, 0.3) is 0 Å². The van der Waals surface area contributed by atoms with Crippen molar-refractivity contribution >= 4 is 29.4 Å². The summed E-state index contributed by atoms with van der Waals surface area (Å²) in [4.78, 5) is 52.8. The Kier molecular flexibility index (Phi) is 5.40. The first-order chi connectivity index (χ1) is 15.0. The third-order valence-electron chi connectivity index (χ3n) is 4.94. The fourth-order valence-electron chi connectivity index (χ4n) is 3.43. The maximum atomic E-state index is 13.2. The molecule has 3 aromatic rings. The van der Waals surface area contributed by atoms with E-state index in [1.807, 2.05) is 0 Å². The summed E-state index contributed by atoms with van der Waals surface area (Å²) >= 11 is 0. The maximum absolute atomic E-state index is 13.2. The Morgan fingerprint density at radius 3 is 2.39 bits per heavy atom. The molecule has 0 aliphatic carbocycles. The van der Waals surface area contributed by atoms with Crippen LogP contribution in [0.2, 0.25) is 0 Å². The Morgan fingerprint density at radius 1 is 1.06 bits per heavy atom. The highest BCUT2D eigenvalue weighted by molar-refractivity contribution is 6.23. The van der Waals surface area contributed by atoms with Gasteiger partial charge in [-0.05, 0) is 48.5 Å². The molecule has 1 fully saturated rings. The fraction of sp³-hybridized carbons (Fsp3) is 0.182. The van der Waals surface area contributed by atoms with Gasteiger partial charge in [-0.3, -0.25) is 14.4 Å². The van der Waals surface area contributed by atoms with Gasteiger partial charge in [0.25, 0.3) is 11.8 Å². The summed E-state index contributed by atoms with van der Waals surface area (Å²) in [7, 11) is 1.26. The SMILES string of the molecule is COC(=O)c1ccc(N2C(=O)CC(N(Cc3ccco3)C(=O)c3ccco3)C2=O)cc1. The summed E-state index contributed by atoms with van der Waals surface area (Å²) in [6.45, 7) is -0.00859. The molecule has 1 unspecified atom stereocenters. The first-order valence-electron chi connectivity index (χ1n) is 9.41. The van der Waals surface area contributed by atoms with Crippen LogP contribution in [-0.4, -0.2) is 41.7 Å². The quantitative estimate of drug-likeness (QED) is 0.444. The molecule has 0 saturated carbocycles. The number of benzene rings is 1. The summed E-state index contributed by atoms with van der Waals surface area (Å²) in [5.41, 5.74) is 0.586. The Morgan fingerprint density at radius 2 is 1.77 bits per heavy atom. The smallest absolute Gasteiger partial charge is 0.337 e. The largest absolute Gasteiger partial charge is 0.467 e. The highest BCUT2D eigenvalue weighted by Gasteiger charge is 2.45. The third kappa shape index (κ3) is 3.85. The number of anilines is 1. The zero-order chi connectivity index (χ0) is 22.0. The van der Waals surface area contributed by atoms with Crippen LogP contribution in [0.3, 0.4) is 0 Å². The van der Waals surface area contributed by atoms with Crippen molar-refractivity contribution in [3.05, 3.63) is 78.1 Å². The van der Waals surface area contributed by atoms with Gasteiger partial charge in [0, 0.05) is 0 Å². The van der Waals surface area contributed by atoms with Crippen LogP contribution in [-0.2, 0) is 20.9 Å². The molecule has 9 nitrogen and oxygen atoms in total. The van der Waals surface area contributed by atoms with Crippen LogP contribution in [0.5, 0.6) is 0 Å². The Labute approximate surface area is 176 Å². The van der Waals surface area contributed by atoms with Gasteiger partial charge in [0.2, 0.25) is 5.91 Å². The summed E-state index contributed by atoms with van der Waals surface area (Å²) in [6.07, 6.45) is 2.63. The van der Waals surface area contributed by atoms with E-state index < -0.39 is 29.7 Å². The van der Waals surface area contributed by atoms with E-state index in [9.17, 15) is 19.2 Å². The number of carbonyl (C=O) groups excluding carboxylic acids is 4. The van der Waals surface area contributed by atoms with Gasteiger partial charge in [0.15, 0.2) is 5.76 Å². The minimum absolute atomic E-state index is 0.00859. The second kappa shape index (κ2) is 8.31. The molecule has 3 amide bonds. The predicted octanol–water partition coefficient (Wildman–Crippen LogP) is 2.63. The molecule has 1 aliphatic heterocycles. The number of furan rings is 2. The van der Waals surface area contributed by atoms with Crippen LogP contribution < -0.4 is 4.90 Å². The van der Waals surface area contributed by atoms with E-state index in [1.165, 1.54) is 54.9 Å². The number of nitrogens with zero attached hydrogens (tertiary/aromatic N) is 2. The van der Waals surface area contributed by atoms with Crippen molar-refractivity contribution < 1.29 is 32.7 Å². The molecule has 31 heavy (non-hydrogen) atoms. The van der Waals surface area contributed by atoms with Crippen LogP contribution in [0, 0.1) is 0 Å². The lowest BCUT2D eigenvalue weighted by Crippen LogP contribution is -2.45. The Hall–Kier alpha value is -4.14. The molecule has 0 N–H and O–H groups in total. The lowest BCUT2D eigenvalue weighted by molar-refractivity contribution is -0.122. The van der Waals surface area contributed by atoms with Gasteiger partial charge in [0.05, 0.1) is 43.9 Å². The lowest BCUT2D eigenvalue weighted by Gasteiger charge is -2.26. The molecule has 1 aliphatic rings. The van der Waals surface area contributed by atoms with Crippen molar-refractivity contribution in [3.63, 3.8) is 0 Å². The van der Waals surface area contributed by atoms with Crippen LogP contribution in [0.1, 0.15) is 33.1 Å². The van der Waals surface area contributed by atoms with Gasteiger partial charge in [0.1, 0.15) is 11.8 Å². The average Bonchev–Trinajstić information content (AvgIpc) is 3.54. The molecule has 0 bridgehead atoms. The minimum Gasteiger partial charge on any atom is -0.467 e. The van der Waals surface area contributed by atoms with Crippen molar-refractivity contribution in [2.24, 2.45) is 0 Å². The molecule has 0 spiro atoms. The van der Waals surface area contributed by atoms with Crippen LogP contribution in [0.15, 0.2) is 69.9 Å². The molecule has 9 heteroatoms. The molecule has 0 radical (unpaired) electrons. The van der Waals surface area contributed by atoms with Crippen molar-refractivity contribution in [2.75, 3.05) is 12.0 Å². The number of methoxy groups -OCH3 is 1. The van der Waals surface area contributed by atoms with E-state index in [4.69, 9.17) is 8.83 Å². The Bertz CT molecular complexity index is 1100. The number of hydrogen-bond donors (Lipinski definition) is 0. The minimum atomic E-state index is -1.03. The zero-order valence-electron chi connectivity index (χ0n) is 16.5. The highest BCUT2D eigenvalue weighted by atomic mass is 16.5. The standard InChI is InChI=1S/C22H18N2O7/c1-29-22(28)14-6-8-15(9-7-14)24-19(25)12-17(20(24)26)23(13-16-4-2-10-30-16)21(27)18-5-3-11-31-18/h2-11,17H,12-13H2,1H3. The number of rotatable bonds is 6. The maximum Gasteiger partial charge on any atom is 0.337 e.